The predicted octanol–water partition coefficient (Wildman–Crippen LogP) is 5.14. The van der Waals surface area contributed by atoms with Crippen LogP contribution in [0, 0.1) is 0 Å². The van der Waals surface area contributed by atoms with Gasteiger partial charge in [-0.3, -0.25) is 0 Å². The minimum absolute atomic E-state index is 0.394. The first-order chi connectivity index (χ1) is 13.3. The number of ether oxygens (including phenoxy) is 1. The van der Waals surface area contributed by atoms with E-state index >= 15 is 0 Å². The summed E-state index contributed by atoms with van der Waals surface area (Å²) in [6.45, 7) is 0. The lowest BCUT2D eigenvalue weighted by molar-refractivity contribution is 0.162. The molecule has 0 fully saturated rings. The molecule has 130 valence electrons. The van der Waals surface area contributed by atoms with E-state index in [0.717, 1.165) is 16.5 Å². The lowest BCUT2D eigenvalue weighted by Crippen LogP contribution is -2.35. The van der Waals surface area contributed by atoms with E-state index in [-0.39, 0.29) is 0 Å². The zero-order valence-electron chi connectivity index (χ0n) is 14.5. The van der Waals surface area contributed by atoms with Gasteiger partial charge in [-0.05, 0) is 24.3 Å². The molecule has 3 aromatic carbocycles. The molecule has 0 amide bonds. The summed E-state index contributed by atoms with van der Waals surface area (Å²) < 4.78 is 12.1. The quantitative estimate of drug-likeness (QED) is 0.469. The van der Waals surface area contributed by atoms with Crippen LogP contribution in [0.5, 0.6) is 5.75 Å². The van der Waals surface area contributed by atoms with Crippen molar-refractivity contribution in [3.8, 4) is 5.75 Å². The van der Waals surface area contributed by atoms with Crippen molar-refractivity contribution in [3.63, 3.8) is 0 Å². The molecule has 0 spiro atoms. The van der Waals surface area contributed by atoms with E-state index in [1.54, 1.807) is 6.07 Å². The third-order valence-electron chi connectivity index (χ3n) is 4.95. The van der Waals surface area contributed by atoms with E-state index in [4.69, 9.17) is 9.15 Å². The van der Waals surface area contributed by atoms with E-state index in [1.807, 2.05) is 91.0 Å². The Labute approximate surface area is 156 Å². The van der Waals surface area contributed by atoms with Crippen LogP contribution in [0.3, 0.4) is 0 Å². The van der Waals surface area contributed by atoms with Crippen molar-refractivity contribution in [3.05, 3.63) is 118 Å². The van der Waals surface area contributed by atoms with Gasteiger partial charge in [-0.2, -0.15) is 0 Å². The number of hydrogen-bond acceptors (Lipinski definition) is 3. The molecule has 1 aliphatic heterocycles. The summed E-state index contributed by atoms with van der Waals surface area (Å²) in [5.41, 5.74) is 1.75. The van der Waals surface area contributed by atoms with Crippen LogP contribution < -0.4 is 10.4 Å². The van der Waals surface area contributed by atoms with E-state index in [1.165, 1.54) is 0 Å². The molecule has 0 saturated heterocycles. The number of fused-ring (bicyclic) bond motifs is 3. The van der Waals surface area contributed by atoms with Gasteiger partial charge in [-0.1, -0.05) is 72.8 Å². The average Bonchev–Trinajstić information content (AvgIpc) is 2.75. The highest BCUT2D eigenvalue weighted by atomic mass is 16.5. The van der Waals surface area contributed by atoms with Crippen molar-refractivity contribution in [2.45, 2.75) is 5.60 Å². The van der Waals surface area contributed by atoms with Crippen molar-refractivity contribution in [2.75, 3.05) is 0 Å². The van der Waals surface area contributed by atoms with Crippen LogP contribution in [0.2, 0.25) is 0 Å². The maximum Gasteiger partial charge on any atom is 0.347 e. The molecular formula is C24H16O3. The van der Waals surface area contributed by atoms with Crippen molar-refractivity contribution in [1.29, 1.82) is 0 Å². The Balaban J connectivity index is 1.82. The predicted molar refractivity (Wildman–Crippen MR) is 106 cm³/mol. The zero-order valence-corrected chi connectivity index (χ0v) is 14.5. The van der Waals surface area contributed by atoms with Gasteiger partial charge in [0.1, 0.15) is 16.9 Å². The average molecular weight is 352 g/mol. The third kappa shape index (κ3) is 2.40. The number of benzene rings is 3. The van der Waals surface area contributed by atoms with Crippen LogP contribution in [0.15, 0.2) is 100 Å². The fourth-order valence-corrected chi connectivity index (χ4v) is 3.63. The summed E-state index contributed by atoms with van der Waals surface area (Å²) in [5.74, 6) is 0.553. The number of para-hydroxylation sites is 1. The van der Waals surface area contributed by atoms with Gasteiger partial charge >= 0.3 is 5.63 Å². The van der Waals surface area contributed by atoms with Crippen LogP contribution in [0.4, 0.5) is 0 Å². The van der Waals surface area contributed by atoms with E-state index in [9.17, 15) is 4.79 Å². The summed E-state index contributed by atoms with van der Waals surface area (Å²) in [4.78, 5) is 12.5. The second-order valence-electron chi connectivity index (χ2n) is 6.53. The normalized spacial score (nSPS) is 14.5. The summed E-state index contributed by atoms with van der Waals surface area (Å²) in [6.07, 6.45) is 3.75. The van der Waals surface area contributed by atoms with Crippen molar-refractivity contribution in [1.82, 2.24) is 0 Å². The standard InChI is InChI=1S/C24H16O3/c25-23-20-15-16-24(17-9-3-1-4-10-17,18-11-5-2-6-12-18)27-22(20)19-13-7-8-14-21(19)26-23/h1-16H. The second kappa shape index (κ2) is 5.99. The molecule has 2 heterocycles. The van der Waals surface area contributed by atoms with Gasteiger partial charge in [0.2, 0.25) is 0 Å². The molecule has 0 aliphatic carbocycles. The lowest BCUT2D eigenvalue weighted by atomic mass is 9.83. The first-order valence-corrected chi connectivity index (χ1v) is 8.83. The number of rotatable bonds is 2. The SMILES string of the molecule is O=c1oc2ccccc2c2c1C=CC(c1ccccc1)(c1ccccc1)O2. The van der Waals surface area contributed by atoms with Crippen molar-refractivity contribution < 1.29 is 9.15 Å². The largest absolute Gasteiger partial charge is 0.472 e. The highest BCUT2D eigenvalue weighted by molar-refractivity contribution is 5.88. The second-order valence-corrected chi connectivity index (χ2v) is 6.53. The Morgan fingerprint density at radius 1 is 0.704 bits per heavy atom. The molecule has 1 aliphatic rings. The van der Waals surface area contributed by atoms with E-state index < -0.39 is 11.2 Å². The fraction of sp³-hybridized carbons (Fsp3) is 0.0417. The minimum Gasteiger partial charge on any atom is -0.472 e. The Kier molecular flexibility index (Phi) is 3.47. The summed E-state index contributed by atoms with van der Waals surface area (Å²) in [7, 11) is 0. The van der Waals surface area contributed by atoms with Gasteiger partial charge in [0, 0.05) is 11.1 Å². The maximum atomic E-state index is 12.5. The maximum absolute atomic E-state index is 12.5. The molecule has 0 atom stereocenters. The molecule has 0 bridgehead atoms. The Bertz CT molecular complexity index is 1170. The van der Waals surface area contributed by atoms with Gasteiger partial charge in [-0.25, -0.2) is 4.79 Å². The van der Waals surface area contributed by atoms with E-state index in [2.05, 4.69) is 0 Å². The fourth-order valence-electron chi connectivity index (χ4n) is 3.63. The first kappa shape index (κ1) is 15.6. The van der Waals surface area contributed by atoms with Crippen molar-refractivity contribution in [2.24, 2.45) is 0 Å². The first-order valence-electron chi connectivity index (χ1n) is 8.83. The molecule has 1 aromatic heterocycles. The summed E-state index contributed by atoms with van der Waals surface area (Å²) in [5, 5.41) is 0.785. The van der Waals surface area contributed by atoms with Crippen LogP contribution in [-0.2, 0) is 5.60 Å². The minimum atomic E-state index is -0.813. The van der Waals surface area contributed by atoms with Gasteiger partial charge in [0.25, 0.3) is 0 Å². The smallest absolute Gasteiger partial charge is 0.347 e. The van der Waals surface area contributed by atoms with Gasteiger partial charge in [0.15, 0.2) is 5.60 Å². The van der Waals surface area contributed by atoms with Gasteiger partial charge in [-0.15, -0.1) is 0 Å². The molecule has 0 radical (unpaired) electrons. The number of hydrogen-bond donors (Lipinski definition) is 0. The highest BCUT2D eigenvalue weighted by Crippen LogP contribution is 2.43. The molecule has 3 nitrogen and oxygen atoms in total. The molecule has 3 heteroatoms. The molecular weight excluding hydrogens is 336 g/mol. The molecule has 0 unspecified atom stereocenters. The monoisotopic (exact) mass is 352 g/mol. The highest BCUT2D eigenvalue weighted by Gasteiger charge is 2.38. The Hall–Kier alpha value is -3.59. The lowest BCUT2D eigenvalue weighted by Gasteiger charge is -2.36. The van der Waals surface area contributed by atoms with Crippen LogP contribution in [-0.4, -0.2) is 0 Å². The molecule has 4 aromatic rings. The van der Waals surface area contributed by atoms with Crippen molar-refractivity contribution >= 4 is 17.0 Å². The van der Waals surface area contributed by atoms with Gasteiger partial charge in [0.05, 0.1) is 5.39 Å². The van der Waals surface area contributed by atoms with Crippen LogP contribution in [0.25, 0.3) is 17.0 Å². The molecule has 0 N–H and O–H groups in total. The van der Waals surface area contributed by atoms with E-state index in [0.29, 0.717) is 16.9 Å². The topological polar surface area (TPSA) is 39.4 Å². The summed E-state index contributed by atoms with van der Waals surface area (Å²) in [6, 6.07) is 27.5. The molecule has 5 rings (SSSR count). The Morgan fingerprint density at radius 3 is 1.96 bits per heavy atom. The van der Waals surface area contributed by atoms with Crippen LogP contribution in [0.1, 0.15) is 16.7 Å². The van der Waals surface area contributed by atoms with Crippen LogP contribution >= 0.6 is 0 Å². The van der Waals surface area contributed by atoms with Gasteiger partial charge < -0.3 is 9.15 Å². The third-order valence-corrected chi connectivity index (χ3v) is 4.95. The molecule has 27 heavy (non-hydrogen) atoms. The molecule has 0 saturated carbocycles. The Morgan fingerprint density at radius 2 is 1.30 bits per heavy atom. The summed E-state index contributed by atoms with van der Waals surface area (Å²) >= 11 is 0. The zero-order chi connectivity index (χ0) is 18.3.